The first kappa shape index (κ1) is 10.5. The van der Waals surface area contributed by atoms with E-state index in [1.54, 1.807) is 5.01 Å². The fourth-order valence-electron chi connectivity index (χ4n) is 1.78. The van der Waals surface area contributed by atoms with Gasteiger partial charge in [-0.2, -0.15) is 0 Å². The van der Waals surface area contributed by atoms with Crippen molar-refractivity contribution in [3.05, 3.63) is 0 Å². The Morgan fingerprint density at radius 2 is 2.00 bits per heavy atom. The first-order chi connectivity index (χ1) is 5.96. The Balaban J connectivity index is 2.45. The number of nitrogens with zero attached hydrogens (tertiary/aromatic N) is 1. The molecule has 0 aromatic carbocycles. The maximum Gasteiger partial charge on any atom is 0.240 e. The first-order valence-electron chi connectivity index (χ1n) is 4.95. The molecule has 0 unspecified atom stereocenters. The van der Waals surface area contributed by atoms with Gasteiger partial charge in [0.15, 0.2) is 0 Å². The van der Waals surface area contributed by atoms with Crippen LogP contribution < -0.4 is 5.43 Å². The van der Waals surface area contributed by atoms with Gasteiger partial charge in [-0.15, -0.1) is 0 Å². The molecule has 0 aliphatic heterocycles. The summed E-state index contributed by atoms with van der Waals surface area (Å²) >= 11 is 0. The smallest absolute Gasteiger partial charge is 0.240 e. The molecular formula is C10H20N2O. The molecule has 0 heterocycles. The number of carbonyl (C=O) groups excluding carboxylic acids is 1. The molecule has 3 heteroatoms. The van der Waals surface area contributed by atoms with Crippen molar-refractivity contribution in [2.75, 3.05) is 14.1 Å². The molecular weight excluding hydrogens is 164 g/mol. The lowest BCUT2D eigenvalue weighted by molar-refractivity contribution is -0.130. The Labute approximate surface area is 80.5 Å². The van der Waals surface area contributed by atoms with Crippen molar-refractivity contribution in [2.24, 2.45) is 11.3 Å². The second-order valence-electron chi connectivity index (χ2n) is 4.71. The number of hydrazine groups is 1. The number of hydrogen-bond donors (Lipinski definition) is 1. The van der Waals surface area contributed by atoms with E-state index in [1.165, 1.54) is 0 Å². The fraction of sp³-hybridized carbons (Fsp3) is 0.900. The molecule has 0 saturated heterocycles. The van der Waals surface area contributed by atoms with E-state index in [9.17, 15) is 4.79 Å². The van der Waals surface area contributed by atoms with E-state index in [0.717, 1.165) is 19.3 Å². The summed E-state index contributed by atoms with van der Waals surface area (Å²) in [7, 11) is 3.70. The summed E-state index contributed by atoms with van der Waals surface area (Å²) in [5.74, 6) is 0.807. The SMILES string of the molecule is CC(C)CC1(C(=O)NN(C)C)CC1. The molecule has 13 heavy (non-hydrogen) atoms. The van der Waals surface area contributed by atoms with Crippen LogP contribution in [0.15, 0.2) is 0 Å². The minimum Gasteiger partial charge on any atom is -0.289 e. The molecule has 0 spiro atoms. The highest BCUT2D eigenvalue weighted by Crippen LogP contribution is 2.50. The molecule has 0 bridgehead atoms. The minimum atomic E-state index is -0.0293. The van der Waals surface area contributed by atoms with Crippen molar-refractivity contribution in [2.45, 2.75) is 33.1 Å². The van der Waals surface area contributed by atoms with Gasteiger partial charge in [-0.3, -0.25) is 10.2 Å². The lowest BCUT2D eigenvalue weighted by Gasteiger charge is -2.20. The minimum absolute atomic E-state index is 0.0293. The standard InChI is InChI=1S/C10H20N2O/c1-8(2)7-10(5-6-10)9(13)11-12(3)4/h8H,5-7H2,1-4H3,(H,11,13). The van der Waals surface area contributed by atoms with Gasteiger partial charge in [0, 0.05) is 14.1 Å². The fourth-order valence-corrected chi connectivity index (χ4v) is 1.78. The second-order valence-corrected chi connectivity index (χ2v) is 4.71. The van der Waals surface area contributed by atoms with E-state index in [4.69, 9.17) is 0 Å². The van der Waals surface area contributed by atoms with E-state index < -0.39 is 0 Å². The summed E-state index contributed by atoms with van der Waals surface area (Å²) in [5.41, 5.74) is 2.82. The van der Waals surface area contributed by atoms with Crippen molar-refractivity contribution >= 4 is 5.91 Å². The average molecular weight is 184 g/mol. The predicted molar refractivity (Wildman–Crippen MR) is 53.0 cm³/mol. The van der Waals surface area contributed by atoms with E-state index in [0.29, 0.717) is 5.92 Å². The Morgan fingerprint density at radius 1 is 1.46 bits per heavy atom. The van der Waals surface area contributed by atoms with Gasteiger partial charge in [0.1, 0.15) is 0 Å². The van der Waals surface area contributed by atoms with Gasteiger partial charge in [-0.05, 0) is 25.2 Å². The number of rotatable bonds is 4. The van der Waals surface area contributed by atoms with E-state index >= 15 is 0 Å². The molecule has 76 valence electrons. The monoisotopic (exact) mass is 184 g/mol. The number of amides is 1. The van der Waals surface area contributed by atoms with Gasteiger partial charge in [0.05, 0.1) is 5.41 Å². The van der Waals surface area contributed by atoms with Crippen LogP contribution in [0, 0.1) is 11.3 Å². The van der Waals surface area contributed by atoms with Gasteiger partial charge in [0.2, 0.25) is 5.91 Å². The molecule has 3 nitrogen and oxygen atoms in total. The Morgan fingerprint density at radius 3 is 2.31 bits per heavy atom. The van der Waals surface area contributed by atoms with Crippen LogP contribution in [0.3, 0.4) is 0 Å². The molecule has 1 aliphatic carbocycles. The zero-order valence-corrected chi connectivity index (χ0v) is 9.05. The summed E-state index contributed by atoms with van der Waals surface area (Å²) in [4.78, 5) is 11.7. The van der Waals surface area contributed by atoms with E-state index in [-0.39, 0.29) is 11.3 Å². The molecule has 0 radical (unpaired) electrons. The maximum atomic E-state index is 11.7. The predicted octanol–water partition coefficient (Wildman–Crippen LogP) is 1.41. The topological polar surface area (TPSA) is 32.3 Å². The van der Waals surface area contributed by atoms with Crippen LogP contribution in [0.5, 0.6) is 0 Å². The zero-order valence-electron chi connectivity index (χ0n) is 9.05. The summed E-state index contributed by atoms with van der Waals surface area (Å²) in [5, 5.41) is 1.72. The Bertz CT molecular complexity index is 195. The van der Waals surface area contributed by atoms with Gasteiger partial charge in [-0.1, -0.05) is 13.8 Å². The highest BCUT2D eigenvalue weighted by atomic mass is 16.2. The highest BCUT2D eigenvalue weighted by molar-refractivity contribution is 5.84. The number of carbonyl (C=O) groups is 1. The summed E-state index contributed by atoms with van der Waals surface area (Å²) in [6.45, 7) is 4.34. The van der Waals surface area contributed by atoms with Crippen molar-refractivity contribution in [3.8, 4) is 0 Å². The molecule has 1 saturated carbocycles. The van der Waals surface area contributed by atoms with Crippen molar-refractivity contribution in [1.82, 2.24) is 10.4 Å². The van der Waals surface area contributed by atoms with Gasteiger partial charge in [-0.25, -0.2) is 5.01 Å². The first-order valence-corrected chi connectivity index (χ1v) is 4.95. The van der Waals surface area contributed by atoms with Crippen molar-refractivity contribution in [3.63, 3.8) is 0 Å². The highest BCUT2D eigenvalue weighted by Gasteiger charge is 2.49. The summed E-state index contributed by atoms with van der Waals surface area (Å²) in [6.07, 6.45) is 3.14. The molecule has 1 fully saturated rings. The van der Waals surface area contributed by atoms with Crippen LogP contribution in [0.1, 0.15) is 33.1 Å². The van der Waals surface area contributed by atoms with Gasteiger partial charge < -0.3 is 0 Å². The van der Waals surface area contributed by atoms with Crippen molar-refractivity contribution < 1.29 is 4.79 Å². The summed E-state index contributed by atoms with van der Waals surface area (Å²) < 4.78 is 0. The lowest BCUT2D eigenvalue weighted by atomic mass is 9.94. The molecule has 0 aromatic heterocycles. The van der Waals surface area contributed by atoms with Crippen LogP contribution in [0.4, 0.5) is 0 Å². The molecule has 0 aromatic rings. The number of nitrogens with one attached hydrogen (secondary N) is 1. The molecule has 1 rings (SSSR count). The Hall–Kier alpha value is -0.570. The average Bonchev–Trinajstić information content (AvgIpc) is 2.66. The van der Waals surface area contributed by atoms with E-state index in [2.05, 4.69) is 19.3 Å². The van der Waals surface area contributed by atoms with Crippen molar-refractivity contribution in [1.29, 1.82) is 0 Å². The van der Waals surface area contributed by atoms with E-state index in [1.807, 2.05) is 14.1 Å². The van der Waals surface area contributed by atoms with Crippen LogP contribution in [-0.2, 0) is 4.79 Å². The maximum absolute atomic E-state index is 11.7. The third-order valence-electron chi connectivity index (χ3n) is 2.46. The third kappa shape index (κ3) is 2.69. The van der Waals surface area contributed by atoms with Gasteiger partial charge >= 0.3 is 0 Å². The van der Waals surface area contributed by atoms with Crippen LogP contribution in [-0.4, -0.2) is 25.0 Å². The Kier molecular flexibility index (Phi) is 2.96. The molecule has 1 amide bonds. The zero-order chi connectivity index (χ0) is 10.1. The normalized spacial score (nSPS) is 19.2. The van der Waals surface area contributed by atoms with Crippen LogP contribution in [0.2, 0.25) is 0 Å². The largest absolute Gasteiger partial charge is 0.289 e. The van der Waals surface area contributed by atoms with Crippen LogP contribution in [0.25, 0.3) is 0 Å². The quantitative estimate of drug-likeness (QED) is 0.670. The van der Waals surface area contributed by atoms with Crippen LogP contribution >= 0.6 is 0 Å². The third-order valence-corrected chi connectivity index (χ3v) is 2.46. The molecule has 0 atom stereocenters. The molecule has 1 N–H and O–H groups in total. The summed E-state index contributed by atoms with van der Waals surface area (Å²) in [6, 6.07) is 0. The van der Waals surface area contributed by atoms with Gasteiger partial charge in [0.25, 0.3) is 0 Å². The lowest BCUT2D eigenvalue weighted by Crippen LogP contribution is -2.41. The molecule has 1 aliphatic rings. The number of hydrogen-bond acceptors (Lipinski definition) is 2. The second kappa shape index (κ2) is 3.66.